The Hall–Kier alpha value is -1.23. The predicted molar refractivity (Wildman–Crippen MR) is 67.0 cm³/mol. The molecule has 0 N–H and O–H groups in total. The van der Waals surface area contributed by atoms with E-state index in [4.69, 9.17) is 4.52 Å². The van der Waals surface area contributed by atoms with Crippen molar-refractivity contribution in [1.29, 1.82) is 0 Å². The molecule has 0 amide bonds. The summed E-state index contributed by atoms with van der Waals surface area (Å²) in [6.45, 7) is 5.78. The van der Waals surface area contributed by atoms with Gasteiger partial charge < -0.3 is 9.32 Å². The Kier molecular flexibility index (Phi) is 4.47. The molecular formula is C13H21N3O2. The molecule has 0 spiro atoms. The Bertz CT molecular complexity index is 389. The van der Waals surface area contributed by atoms with Gasteiger partial charge in [0.05, 0.1) is 12.6 Å². The largest absolute Gasteiger partial charge is 0.338 e. The van der Waals surface area contributed by atoms with Crippen molar-refractivity contribution in [2.24, 2.45) is 5.92 Å². The minimum Gasteiger partial charge on any atom is -0.338 e. The van der Waals surface area contributed by atoms with Crippen LogP contribution in [-0.4, -0.2) is 33.9 Å². The number of carbonyl (C=O) groups is 1. The van der Waals surface area contributed by atoms with E-state index in [1.54, 1.807) is 0 Å². The van der Waals surface area contributed by atoms with Crippen molar-refractivity contribution in [3.05, 3.63) is 11.7 Å². The van der Waals surface area contributed by atoms with E-state index < -0.39 is 0 Å². The van der Waals surface area contributed by atoms with Crippen molar-refractivity contribution < 1.29 is 9.32 Å². The van der Waals surface area contributed by atoms with Gasteiger partial charge in [0, 0.05) is 6.42 Å². The summed E-state index contributed by atoms with van der Waals surface area (Å²) in [6, 6.07) is 0.0131. The van der Waals surface area contributed by atoms with E-state index >= 15 is 0 Å². The van der Waals surface area contributed by atoms with Crippen LogP contribution in [0.1, 0.15) is 44.8 Å². The highest BCUT2D eigenvalue weighted by Crippen LogP contribution is 2.18. The SMILES string of the molecule is CC(C)Cc1noc(CN2CCCCC2C=O)n1. The molecule has 2 heterocycles. The Balaban J connectivity index is 1.95. The Morgan fingerprint density at radius 1 is 1.50 bits per heavy atom. The van der Waals surface area contributed by atoms with Gasteiger partial charge in [0.1, 0.15) is 6.29 Å². The fraction of sp³-hybridized carbons (Fsp3) is 0.769. The number of piperidine rings is 1. The zero-order chi connectivity index (χ0) is 13.0. The molecule has 5 heteroatoms. The molecule has 1 saturated heterocycles. The van der Waals surface area contributed by atoms with E-state index in [1.807, 2.05) is 0 Å². The molecule has 0 radical (unpaired) electrons. The van der Waals surface area contributed by atoms with Gasteiger partial charge in [0.25, 0.3) is 0 Å². The number of likely N-dealkylation sites (tertiary alicyclic amines) is 1. The minimum absolute atomic E-state index is 0.0131. The molecule has 0 saturated carbocycles. The Morgan fingerprint density at radius 3 is 3.06 bits per heavy atom. The second kappa shape index (κ2) is 6.09. The molecule has 2 rings (SSSR count). The van der Waals surface area contributed by atoms with E-state index in [9.17, 15) is 4.79 Å². The fourth-order valence-corrected chi connectivity index (χ4v) is 2.34. The summed E-state index contributed by atoms with van der Waals surface area (Å²) in [4.78, 5) is 17.5. The van der Waals surface area contributed by atoms with Gasteiger partial charge in [0.15, 0.2) is 5.82 Å². The smallest absolute Gasteiger partial charge is 0.240 e. The van der Waals surface area contributed by atoms with Crippen LogP contribution in [-0.2, 0) is 17.8 Å². The summed E-state index contributed by atoms with van der Waals surface area (Å²) in [6.07, 6.45) is 5.07. The van der Waals surface area contributed by atoms with Gasteiger partial charge in [0.2, 0.25) is 5.89 Å². The van der Waals surface area contributed by atoms with E-state index in [0.717, 1.165) is 44.3 Å². The van der Waals surface area contributed by atoms with Gasteiger partial charge in [-0.15, -0.1) is 0 Å². The summed E-state index contributed by atoms with van der Waals surface area (Å²) in [5.74, 6) is 1.91. The summed E-state index contributed by atoms with van der Waals surface area (Å²) in [7, 11) is 0. The molecule has 1 aliphatic heterocycles. The lowest BCUT2D eigenvalue weighted by Gasteiger charge is -2.30. The quantitative estimate of drug-likeness (QED) is 0.747. The van der Waals surface area contributed by atoms with Crippen LogP contribution in [0.5, 0.6) is 0 Å². The maximum absolute atomic E-state index is 11.0. The number of carbonyl (C=O) groups excluding carboxylic acids is 1. The molecule has 0 aromatic carbocycles. The van der Waals surface area contributed by atoms with Crippen molar-refractivity contribution in [1.82, 2.24) is 15.0 Å². The topological polar surface area (TPSA) is 59.2 Å². The van der Waals surface area contributed by atoms with Crippen LogP contribution < -0.4 is 0 Å². The zero-order valence-corrected chi connectivity index (χ0v) is 11.1. The van der Waals surface area contributed by atoms with Gasteiger partial charge in [-0.3, -0.25) is 4.90 Å². The second-order valence-electron chi connectivity index (χ2n) is 5.37. The Morgan fingerprint density at radius 2 is 2.33 bits per heavy atom. The second-order valence-corrected chi connectivity index (χ2v) is 5.37. The van der Waals surface area contributed by atoms with Crippen molar-refractivity contribution in [2.45, 2.75) is 52.1 Å². The third-order valence-electron chi connectivity index (χ3n) is 3.26. The predicted octanol–water partition coefficient (Wildman–Crippen LogP) is 1.82. The molecule has 0 aliphatic carbocycles. The van der Waals surface area contributed by atoms with Gasteiger partial charge >= 0.3 is 0 Å². The average molecular weight is 251 g/mol. The fourth-order valence-electron chi connectivity index (χ4n) is 2.34. The van der Waals surface area contributed by atoms with Crippen molar-refractivity contribution >= 4 is 6.29 Å². The van der Waals surface area contributed by atoms with Crippen LogP contribution in [0.15, 0.2) is 4.52 Å². The molecular weight excluding hydrogens is 230 g/mol. The van der Waals surface area contributed by atoms with Crippen LogP contribution >= 0.6 is 0 Å². The van der Waals surface area contributed by atoms with Crippen molar-refractivity contribution in [2.75, 3.05) is 6.54 Å². The molecule has 1 aromatic rings. The molecule has 1 aromatic heterocycles. The van der Waals surface area contributed by atoms with Crippen LogP contribution in [0, 0.1) is 5.92 Å². The van der Waals surface area contributed by atoms with E-state index in [1.165, 1.54) is 0 Å². The lowest BCUT2D eigenvalue weighted by atomic mass is 10.0. The molecule has 5 nitrogen and oxygen atoms in total. The molecule has 1 atom stereocenters. The molecule has 1 unspecified atom stereocenters. The summed E-state index contributed by atoms with van der Waals surface area (Å²) >= 11 is 0. The standard InChI is InChI=1S/C13H21N3O2/c1-10(2)7-12-14-13(18-15-12)8-16-6-4-3-5-11(16)9-17/h9-11H,3-8H2,1-2H3. The number of aldehydes is 1. The number of nitrogens with zero attached hydrogens (tertiary/aromatic N) is 3. The van der Waals surface area contributed by atoms with Crippen LogP contribution in [0.25, 0.3) is 0 Å². The molecule has 1 aliphatic rings. The molecule has 100 valence electrons. The third kappa shape index (κ3) is 3.38. The molecule has 18 heavy (non-hydrogen) atoms. The molecule has 1 fully saturated rings. The maximum atomic E-state index is 11.0. The number of hydrogen-bond donors (Lipinski definition) is 0. The highest BCUT2D eigenvalue weighted by Gasteiger charge is 2.23. The van der Waals surface area contributed by atoms with E-state index in [-0.39, 0.29) is 6.04 Å². The van der Waals surface area contributed by atoms with E-state index in [0.29, 0.717) is 18.4 Å². The first kappa shape index (κ1) is 13.2. The number of aromatic nitrogens is 2. The highest BCUT2D eigenvalue weighted by atomic mass is 16.5. The van der Waals surface area contributed by atoms with Crippen molar-refractivity contribution in [3.8, 4) is 0 Å². The highest BCUT2D eigenvalue weighted by molar-refractivity contribution is 5.57. The summed E-state index contributed by atoms with van der Waals surface area (Å²) in [5.41, 5.74) is 0. The maximum Gasteiger partial charge on any atom is 0.240 e. The van der Waals surface area contributed by atoms with Crippen LogP contribution in [0.4, 0.5) is 0 Å². The summed E-state index contributed by atoms with van der Waals surface area (Å²) in [5, 5.41) is 3.97. The number of hydrogen-bond acceptors (Lipinski definition) is 5. The lowest BCUT2D eigenvalue weighted by Crippen LogP contribution is -2.39. The minimum atomic E-state index is 0.0131. The first-order valence-corrected chi connectivity index (χ1v) is 6.70. The van der Waals surface area contributed by atoms with Crippen LogP contribution in [0.3, 0.4) is 0 Å². The average Bonchev–Trinajstić information content (AvgIpc) is 2.76. The third-order valence-corrected chi connectivity index (χ3v) is 3.26. The van der Waals surface area contributed by atoms with Gasteiger partial charge in [-0.25, -0.2) is 0 Å². The monoisotopic (exact) mass is 251 g/mol. The van der Waals surface area contributed by atoms with Gasteiger partial charge in [-0.05, 0) is 25.3 Å². The Labute approximate surface area is 108 Å². The van der Waals surface area contributed by atoms with Gasteiger partial charge in [-0.2, -0.15) is 4.98 Å². The van der Waals surface area contributed by atoms with E-state index in [2.05, 4.69) is 28.9 Å². The first-order valence-electron chi connectivity index (χ1n) is 6.70. The zero-order valence-electron chi connectivity index (χ0n) is 11.1. The molecule has 0 bridgehead atoms. The first-order chi connectivity index (χ1) is 8.69. The van der Waals surface area contributed by atoms with Crippen LogP contribution in [0.2, 0.25) is 0 Å². The van der Waals surface area contributed by atoms with Gasteiger partial charge in [-0.1, -0.05) is 25.4 Å². The lowest BCUT2D eigenvalue weighted by molar-refractivity contribution is -0.113. The number of rotatable bonds is 5. The summed E-state index contributed by atoms with van der Waals surface area (Å²) < 4.78 is 5.24. The van der Waals surface area contributed by atoms with Crippen molar-refractivity contribution in [3.63, 3.8) is 0 Å². The normalized spacial score (nSPS) is 21.4.